The lowest BCUT2D eigenvalue weighted by Crippen LogP contribution is -2.49. The van der Waals surface area contributed by atoms with E-state index >= 15 is 0 Å². The van der Waals surface area contributed by atoms with Crippen LogP contribution in [-0.2, 0) is 5.28 Å². The molecule has 0 N–H and O–H groups in total. The average molecular weight is 504 g/mol. The molecule has 36 heavy (non-hydrogen) atoms. The van der Waals surface area contributed by atoms with Crippen molar-refractivity contribution in [3.05, 3.63) is 163 Å². The van der Waals surface area contributed by atoms with Gasteiger partial charge in [-0.05, 0) is 48.7 Å². The molecule has 5 aromatic carbocycles. The lowest BCUT2D eigenvalue weighted by Gasteiger charge is -2.49. The molecule has 0 saturated heterocycles. The molecule has 0 bridgehead atoms. The zero-order valence-corrected chi connectivity index (χ0v) is 22.5. The Labute approximate surface area is 218 Å². The second kappa shape index (κ2) is 11.2. The van der Waals surface area contributed by atoms with Gasteiger partial charge in [0.2, 0.25) is 0 Å². The van der Waals surface area contributed by atoms with Crippen LogP contribution in [0, 0.1) is 0 Å². The van der Waals surface area contributed by atoms with Gasteiger partial charge >= 0.3 is 0 Å². The molecule has 0 aliphatic rings. The van der Waals surface area contributed by atoms with Crippen molar-refractivity contribution < 1.29 is 0 Å². The summed E-state index contributed by atoms with van der Waals surface area (Å²) in [5.41, 5.74) is 3.69. The van der Waals surface area contributed by atoms with Crippen LogP contribution < -0.4 is 15.5 Å². The molecule has 0 fully saturated rings. The van der Waals surface area contributed by atoms with Gasteiger partial charge in [0, 0.05) is 5.69 Å². The predicted octanol–water partition coefficient (Wildman–Crippen LogP) is 7.75. The number of nitrogens with zero attached hydrogens (tertiary/aromatic N) is 1. The molecule has 0 saturated carbocycles. The van der Waals surface area contributed by atoms with Crippen LogP contribution in [0.2, 0.25) is 0 Å². The molecule has 5 aromatic rings. The molecular weight excluding hydrogens is 472 g/mol. The van der Waals surface area contributed by atoms with Crippen LogP contribution in [0.15, 0.2) is 152 Å². The van der Waals surface area contributed by atoms with E-state index in [-0.39, 0.29) is 5.78 Å². The van der Waals surface area contributed by atoms with Gasteiger partial charge in [0.1, 0.15) is 5.28 Å². The minimum absolute atomic E-state index is 0.185. The maximum atomic E-state index is 3.26. The standard InChI is InChI=1S/C33H31NP2/c1-27(36(31-23-13-5-14-24-31)32-25-15-6-16-26-32)34(30-21-11-4-12-22-30)33(35,28-17-7-2-8-18-28)29-19-9-3-10-20-29/h2-27H,35H2,1H3. The van der Waals surface area contributed by atoms with Crippen LogP contribution in [0.4, 0.5) is 5.69 Å². The molecule has 0 heterocycles. The molecule has 1 nitrogen and oxygen atoms in total. The minimum atomic E-state index is -0.707. The van der Waals surface area contributed by atoms with Crippen LogP contribution >= 0.6 is 17.2 Å². The molecule has 0 spiro atoms. The Morgan fingerprint density at radius 3 is 1.25 bits per heavy atom. The first-order valence-corrected chi connectivity index (χ1v) is 14.3. The lowest BCUT2D eigenvalue weighted by atomic mass is 9.95. The van der Waals surface area contributed by atoms with Gasteiger partial charge in [-0.2, -0.15) is 0 Å². The van der Waals surface area contributed by atoms with Crippen molar-refractivity contribution in [3.63, 3.8) is 0 Å². The highest BCUT2D eigenvalue weighted by Gasteiger charge is 2.41. The summed E-state index contributed by atoms with van der Waals surface area (Å²) in [4.78, 5) is 2.62. The minimum Gasteiger partial charge on any atom is -0.347 e. The van der Waals surface area contributed by atoms with Crippen LogP contribution in [-0.4, -0.2) is 5.78 Å². The second-order valence-corrected chi connectivity index (χ2v) is 12.2. The Hall–Kier alpha value is -3.24. The molecule has 0 aromatic heterocycles. The van der Waals surface area contributed by atoms with Gasteiger partial charge in [-0.3, -0.25) is 0 Å². The summed E-state index contributed by atoms with van der Waals surface area (Å²) in [5, 5.41) is 2.29. The Morgan fingerprint density at radius 1 is 0.528 bits per heavy atom. The Bertz CT molecular complexity index is 1260. The lowest BCUT2D eigenvalue weighted by molar-refractivity contribution is 0.644. The number of para-hydroxylation sites is 1. The largest absolute Gasteiger partial charge is 0.347 e. The maximum Gasteiger partial charge on any atom is 0.105 e. The van der Waals surface area contributed by atoms with E-state index in [4.69, 9.17) is 0 Å². The summed E-state index contributed by atoms with van der Waals surface area (Å²) < 4.78 is 0. The van der Waals surface area contributed by atoms with Crippen molar-refractivity contribution >= 4 is 33.5 Å². The summed E-state index contributed by atoms with van der Waals surface area (Å²) in [6, 6.07) is 54.6. The van der Waals surface area contributed by atoms with Gasteiger partial charge in [-0.1, -0.05) is 149 Å². The van der Waals surface area contributed by atoms with Crippen molar-refractivity contribution in [1.82, 2.24) is 0 Å². The fourth-order valence-corrected chi connectivity index (χ4v) is 8.58. The van der Waals surface area contributed by atoms with E-state index in [2.05, 4.69) is 173 Å². The van der Waals surface area contributed by atoms with Crippen LogP contribution in [0.1, 0.15) is 18.1 Å². The topological polar surface area (TPSA) is 3.24 Å². The normalized spacial score (nSPS) is 12.3. The molecule has 0 aliphatic carbocycles. The first-order chi connectivity index (χ1) is 17.7. The maximum absolute atomic E-state index is 3.26. The second-order valence-electron chi connectivity index (χ2n) is 8.88. The first-order valence-electron chi connectivity index (χ1n) is 12.3. The van der Waals surface area contributed by atoms with E-state index in [0.717, 1.165) is 0 Å². The molecule has 0 radical (unpaired) electrons. The molecule has 2 unspecified atom stereocenters. The van der Waals surface area contributed by atoms with Gasteiger partial charge in [0.05, 0.1) is 5.78 Å². The molecule has 5 rings (SSSR count). The van der Waals surface area contributed by atoms with Gasteiger partial charge in [0.25, 0.3) is 0 Å². The van der Waals surface area contributed by atoms with Crippen molar-refractivity contribution in [2.75, 3.05) is 4.90 Å². The van der Waals surface area contributed by atoms with Gasteiger partial charge in [-0.15, -0.1) is 0 Å². The number of benzene rings is 5. The van der Waals surface area contributed by atoms with Crippen LogP contribution in [0.5, 0.6) is 0 Å². The van der Waals surface area contributed by atoms with Gasteiger partial charge in [-0.25, -0.2) is 0 Å². The third-order valence-corrected chi connectivity index (χ3v) is 10.3. The summed E-state index contributed by atoms with van der Waals surface area (Å²) >= 11 is 0. The third kappa shape index (κ3) is 4.87. The van der Waals surface area contributed by atoms with E-state index in [1.165, 1.54) is 27.4 Å². The Kier molecular flexibility index (Phi) is 7.62. The summed E-state index contributed by atoms with van der Waals surface area (Å²) in [6.45, 7) is 2.39. The molecule has 2 atom stereocenters. The highest BCUT2D eigenvalue weighted by Crippen LogP contribution is 2.52. The summed E-state index contributed by atoms with van der Waals surface area (Å²) in [6.07, 6.45) is 0. The zero-order valence-electron chi connectivity index (χ0n) is 20.5. The highest BCUT2D eigenvalue weighted by molar-refractivity contribution is 7.73. The number of hydrogen-bond donors (Lipinski definition) is 0. The van der Waals surface area contributed by atoms with E-state index in [9.17, 15) is 0 Å². The number of rotatable bonds is 8. The number of anilines is 1. The van der Waals surface area contributed by atoms with Gasteiger partial charge < -0.3 is 4.90 Å². The first kappa shape index (κ1) is 24.5. The third-order valence-electron chi connectivity index (χ3n) is 6.66. The molecule has 178 valence electrons. The van der Waals surface area contributed by atoms with Crippen LogP contribution in [0.25, 0.3) is 0 Å². The summed E-state index contributed by atoms with van der Waals surface area (Å²) in [5.74, 6) is 0.185. The molecule has 0 amide bonds. The fraction of sp³-hybridized carbons (Fsp3) is 0.0909. The van der Waals surface area contributed by atoms with Crippen molar-refractivity contribution in [1.29, 1.82) is 0 Å². The summed E-state index contributed by atoms with van der Waals surface area (Å²) in [7, 11) is 2.55. The average Bonchev–Trinajstić information content (AvgIpc) is 2.96. The van der Waals surface area contributed by atoms with E-state index in [1.54, 1.807) is 0 Å². The van der Waals surface area contributed by atoms with Gasteiger partial charge in [0.15, 0.2) is 0 Å². The SMILES string of the molecule is CC(N(c1ccccc1)C(P)(c1ccccc1)c1ccccc1)P(c1ccccc1)c1ccccc1. The molecular formula is C33H31NP2. The highest BCUT2D eigenvalue weighted by atomic mass is 31.1. The molecule has 0 aliphatic heterocycles. The van der Waals surface area contributed by atoms with Crippen molar-refractivity contribution in [3.8, 4) is 0 Å². The Balaban J connectivity index is 1.76. The molecule has 3 heteroatoms. The van der Waals surface area contributed by atoms with E-state index < -0.39 is 13.2 Å². The van der Waals surface area contributed by atoms with E-state index in [0.29, 0.717) is 0 Å². The Morgan fingerprint density at radius 2 is 0.861 bits per heavy atom. The smallest absolute Gasteiger partial charge is 0.105 e. The fourth-order valence-electron chi connectivity index (χ4n) is 5.01. The van der Waals surface area contributed by atoms with Crippen molar-refractivity contribution in [2.24, 2.45) is 0 Å². The van der Waals surface area contributed by atoms with E-state index in [1.807, 2.05) is 0 Å². The van der Waals surface area contributed by atoms with Crippen LogP contribution in [0.3, 0.4) is 0 Å². The quantitative estimate of drug-likeness (QED) is 0.196. The predicted molar refractivity (Wildman–Crippen MR) is 161 cm³/mol. The zero-order chi connectivity index (χ0) is 24.8. The van der Waals surface area contributed by atoms with Crippen molar-refractivity contribution in [2.45, 2.75) is 18.0 Å². The number of hydrogen-bond acceptors (Lipinski definition) is 1. The monoisotopic (exact) mass is 503 g/mol.